The quantitative estimate of drug-likeness (QED) is 0.227. The summed E-state index contributed by atoms with van der Waals surface area (Å²) < 4.78 is 0. The fourth-order valence-corrected chi connectivity index (χ4v) is 13.3. The van der Waals surface area contributed by atoms with Gasteiger partial charge in [0, 0.05) is 18.6 Å². The maximum absolute atomic E-state index is 13.9. The van der Waals surface area contributed by atoms with Crippen LogP contribution in [0, 0.1) is 45.3 Å². The largest absolute Gasteiger partial charge is 0.481 e. The monoisotopic (exact) mass is 715 g/mol. The third-order valence-corrected chi connectivity index (χ3v) is 15.7. The number of rotatable bonds is 5. The Balaban J connectivity index is 0.00000150. The first kappa shape index (κ1) is 38.1. The molecule has 5 aliphatic carbocycles. The van der Waals surface area contributed by atoms with Crippen LogP contribution in [0.3, 0.4) is 0 Å². The van der Waals surface area contributed by atoms with Crippen LogP contribution in [0.25, 0.3) is 5.57 Å². The topological polar surface area (TPSA) is 136 Å². The van der Waals surface area contributed by atoms with E-state index < -0.39 is 18.0 Å². The Labute approximate surface area is 310 Å². The molecule has 1 aromatic rings. The summed E-state index contributed by atoms with van der Waals surface area (Å²) in [7, 11) is 0. The lowest BCUT2D eigenvalue weighted by molar-refractivity contribution is -0.216. The van der Waals surface area contributed by atoms with Gasteiger partial charge in [0.15, 0.2) is 0 Å². The number of carboxylic acids is 2. The number of urea groups is 1. The number of carboxylic acid groups (broad SMARTS) is 2. The summed E-state index contributed by atoms with van der Waals surface area (Å²) in [6.07, 6.45) is 14.6. The molecule has 1 saturated heterocycles. The predicted octanol–water partition coefficient (Wildman–Crippen LogP) is 8.16. The van der Waals surface area contributed by atoms with Gasteiger partial charge < -0.3 is 25.7 Å². The average Bonchev–Trinajstić information content (AvgIpc) is 3.49. The Bertz CT molecular complexity index is 1630. The highest BCUT2D eigenvalue weighted by Crippen LogP contribution is 2.76. The van der Waals surface area contributed by atoms with Crippen molar-refractivity contribution in [2.75, 3.05) is 13.1 Å². The first-order valence-electron chi connectivity index (χ1n) is 19.7. The lowest BCUT2D eigenvalue weighted by atomic mass is 9.33. The van der Waals surface area contributed by atoms with Gasteiger partial charge in [0.25, 0.3) is 0 Å². The normalized spacial score (nSPS) is 38.7. The number of allylic oxidation sites excluding steroid dienone is 3. The van der Waals surface area contributed by atoms with Crippen molar-refractivity contribution in [3.63, 3.8) is 0 Å². The Morgan fingerprint density at radius 2 is 1.62 bits per heavy atom. The molecule has 1 aliphatic heterocycles. The molecule has 9 heteroatoms. The minimum atomic E-state index is -1.08. The molecule has 7 rings (SSSR count). The van der Waals surface area contributed by atoms with Crippen LogP contribution in [0.4, 0.5) is 4.79 Å². The van der Waals surface area contributed by atoms with E-state index in [9.17, 15) is 29.4 Å². The lowest BCUT2D eigenvalue weighted by Crippen LogP contribution is -2.69. The number of nitrogens with zero attached hydrogens (tertiary/aromatic N) is 1. The van der Waals surface area contributed by atoms with Crippen molar-refractivity contribution < 1.29 is 29.4 Å². The van der Waals surface area contributed by atoms with Crippen molar-refractivity contribution in [2.45, 2.75) is 124 Å². The number of fused-ring (bicyclic) bond motifs is 7. The predicted molar refractivity (Wildman–Crippen MR) is 203 cm³/mol. The zero-order valence-corrected chi connectivity index (χ0v) is 32.2. The van der Waals surface area contributed by atoms with Crippen LogP contribution in [-0.4, -0.2) is 63.7 Å². The zero-order chi connectivity index (χ0) is 37.9. The number of aromatic carboxylic acids is 1. The molecule has 9 atom stereocenters. The van der Waals surface area contributed by atoms with Crippen LogP contribution < -0.4 is 10.6 Å². The molecule has 0 radical (unpaired) electrons. The maximum atomic E-state index is 13.9. The molecule has 0 bridgehead atoms. The third kappa shape index (κ3) is 5.89. The summed E-state index contributed by atoms with van der Waals surface area (Å²) in [5, 5.41) is 25.2. The summed E-state index contributed by atoms with van der Waals surface area (Å²) in [4.78, 5) is 51.1. The molecule has 1 aromatic carbocycles. The molecule has 4 N–H and O–H groups in total. The number of hydrogen-bond donors (Lipinski definition) is 4. The number of carbonyl (C=O) groups excluding carboxylic acids is 2. The molecule has 9 nitrogen and oxygen atoms in total. The molecule has 6 aliphatic rings. The van der Waals surface area contributed by atoms with Crippen molar-refractivity contribution >= 4 is 29.5 Å². The molecule has 52 heavy (non-hydrogen) atoms. The van der Waals surface area contributed by atoms with Crippen molar-refractivity contribution in [1.29, 1.82) is 0 Å². The van der Waals surface area contributed by atoms with E-state index >= 15 is 0 Å². The summed E-state index contributed by atoms with van der Waals surface area (Å²) in [6, 6.07) is 6.16. The van der Waals surface area contributed by atoms with Crippen molar-refractivity contribution in [3.05, 3.63) is 54.1 Å². The number of hydrogen-bond acceptors (Lipinski definition) is 4. The molecule has 1 heterocycles. The Kier molecular flexibility index (Phi) is 10.0. The number of nitrogens with one attached hydrogen (secondary N) is 2. The maximum Gasteiger partial charge on any atom is 0.335 e. The Morgan fingerprint density at radius 3 is 2.27 bits per heavy atom. The van der Waals surface area contributed by atoms with E-state index in [0.717, 1.165) is 56.9 Å². The fourth-order valence-electron chi connectivity index (χ4n) is 13.3. The Morgan fingerprint density at radius 1 is 0.923 bits per heavy atom. The molecular weight excluding hydrogens is 654 g/mol. The number of aliphatic carboxylic acids is 1. The van der Waals surface area contributed by atoms with E-state index in [1.807, 2.05) is 19.1 Å². The summed E-state index contributed by atoms with van der Waals surface area (Å²) >= 11 is 0. The Hall–Kier alpha value is -3.62. The second kappa shape index (κ2) is 13.7. The van der Waals surface area contributed by atoms with Gasteiger partial charge in [-0.05, 0) is 133 Å². The van der Waals surface area contributed by atoms with Gasteiger partial charge in [0.1, 0.15) is 6.04 Å². The van der Waals surface area contributed by atoms with E-state index in [1.54, 1.807) is 18.2 Å². The van der Waals surface area contributed by atoms with Crippen molar-refractivity contribution in [3.8, 4) is 0 Å². The van der Waals surface area contributed by atoms with E-state index in [2.05, 4.69) is 57.9 Å². The SMILES string of the molecule is C=CC.CC1(C)C(c2ccc(C(=O)O)cc2)=CCC2(C)C1CCC1(C)C2CCC2C3CCCC3(NC(=O)N3CCNC(=O)C3CC(=O)O)CC[C@]21C. The van der Waals surface area contributed by atoms with Crippen LogP contribution in [0.1, 0.15) is 128 Å². The number of benzene rings is 1. The van der Waals surface area contributed by atoms with E-state index in [-0.39, 0.29) is 45.6 Å². The van der Waals surface area contributed by atoms with Gasteiger partial charge in [-0.25, -0.2) is 9.59 Å². The van der Waals surface area contributed by atoms with Crippen LogP contribution >= 0.6 is 0 Å². The fraction of sp³-hybridized carbons (Fsp3) is 0.674. The highest BCUT2D eigenvalue weighted by Gasteiger charge is 2.69. The van der Waals surface area contributed by atoms with Crippen LogP contribution in [-0.2, 0) is 9.59 Å². The summed E-state index contributed by atoms with van der Waals surface area (Å²) in [6.45, 7) is 18.5. The second-order valence-electron chi connectivity index (χ2n) is 18.2. The lowest BCUT2D eigenvalue weighted by Gasteiger charge is -2.72. The van der Waals surface area contributed by atoms with Gasteiger partial charge in [0.05, 0.1) is 12.0 Å². The minimum absolute atomic E-state index is 0.0435. The van der Waals surface area contributed by atoms with Gasteiger partial charge in [-0.2, -0.15) is 0 Å². The van der Waals surface area contributed by atoms with E-state index in [4.69, 9.17) is 0 Å². The average molecular weight is 716 g/mol. The van der Waals surface area contributed by atoms with Crippen LogP contribution in [0.2, 0.25) is 0 Å². The number of piperazine rings is 1. The number of carbonyl (C=O) groups is 4. The van der Waals surface area contributed by atoms with Gasteiger partial charge in [-0.15, -0.1) is 6.58 Å². The van der Waals surface area contributed by atoms with Crippen molar-refractivity contribution in [1.82, 2.24) is 15.5 Å². The highest BCUT2D eigenvalue weighted by molar-refractivity contribution is 5.91. The summed E-state index contributed by atoms with van der Waals surface area (Å²) in [5.74, 6) is -0.392. The second-order valence-corrected chi connectivity index (χ2v) is 18.2. The minimum Gasteiger partial charge on any atom is -0.481 e. The van der Waals surface area contributed by atoms with Gasteiger partial charge >= 0.3 is 18.0 Å². The van der Waals surface area contributed by atoms with Crippen molar-refractivity contribution in [2.24, 2.45) is 45.3 Å². The number of amides is 3. The zero-order valence-electron chi connectivity index (χ0n) is 32.2. The van der Waals surface area contributed by atoms with Crippen LogP contribution in [0.5, 0.6) is 0 Å². The molecule has 4 saturated carbocycles. The molecule has 5 fully saturated rings. The third-order valence-electron chi connectivity index (χ3n) is 15.7. The van der Waals surface area contributed by atoms with Gasteiger partial charge in [-0.3, -0.25) is 9.59 Å². The van der Waals surface area contributed by atoms with E-state index in [0.29, 0.717) is 42.3 Å². The molecule has 0 spiro atoms. The first-order chi connectivity index (χ1) is 24.5. The highest BCUT2D eigenvalue weighted by atomic mass is 16.4. The molecule has 284 valence electrons. The van der Waals surface area contributed by atoms with E-state index in [1.165, 1.54) is 23.3 Å². The summed E-state index contributed by atoms with van der Waals surface area (Å²) in [5.41, 5.74) is 2.91. The first-order valence-corrected chi connectivity index (χ1v) is 19.7. The molecule has 8 unspecified atom stereocenters. The van der Waals surface area contributed by atoms with Crippen LogP contribution in [0.15, 0.2) is 43.0 Å². The molecule has 3 amide bonds. The molecule has 0 aromatic heterocycles. The van der Waals surface area contributed by atoms with Gasteiger partial charge in [-0.1, -0.05) is 65.3 Å². The smallest absolute Gasteiger partial charge is 0.335 e. The standard InChI is InChI=1S/C40H55N3O6.C3H6/c1-36(2)26(24-8-10-25(11-9-24)34(47)48)14-17-37(3)30(36)15-18-39(5)31(37)13-12-27-28-7-6-16-40(28,20-19-38(27,39)4)42-35(49)43-22-21-41-33(46)29(43)23-32(44)45;1-3-2/h8-11,14,27-31H,6-7,12-13,15-23H2,1-5H3,(H,41,46)(H,42,49)(H,44,45)(H,47,48);3H,1H2,2H3/t27?,28?,29?,30?,31?,37?,38-,39?,40?;/m1./s1. The van der Waals surface area contributed by atoms with Gasteiger partial charge in [0.2, 0.25) is 5.91 Å². The molecular formula is C43H61N3O6.